The lowest BCUT2D eigenvalue weighted by Crippen LogP contribution is -2.33. The van der Waals surface area contributed by atoms with Gasteiger partial charge in [-0.05, 0) is 38.4 Å². The standard InChI is InChI=1S/C17H21ClN2O/c1-20(12-15-7-4-5-9-21-15)11-14-10-13-6-2-3-8-16(13)19-17(14)18/h2-3,6,8,10,15H,4-5,7,9,11-12H2,1H3. The maximum atomic E-state index is 6.32. The Hall–Kier alpha value is -1.16. The molecule has 0 radical (unpaired) electrons. The van der Waals surface area contributed by atoms with E-state index in [1.165, 1.54) is 12.8 Å². The first-order chi connectivity index (χ1) is 10.2. The number of para-hydroxylation sites is 1. The molecule has 0 spiro atoms. The third-order valence-electron chi connectivity index (χ3n) is 3.98. The Balaban J connectivity index is 1.70. The van der Waals surface area contributed by atoms with Crippen LogP contribution in [0.1, 0.15) is 24.8 Å². The summed E-state index contributed by atoms with van der Waals surface area (Å²) < 4.78 is 5.80. The van der Waals surface area contributed by atoms with Gasteiger partial charge >= 0.3 is 0 Å². The zero-order chi connectivity index (χ0) is 14.7. The summed E-state index contributed by atoms with van der Waals surface area (Å²) >= 11 is 6.32. The topological polar surface area (TPSA) is 25.4 Å². The van der Waals surface area contributed by atoms with Crippen LogP contribution < -0.4 is 0 Å². The van der Waals surface area contributed by atoms with Crippen LogP contribution >= 0.6 is 11.6 Å². The van der Waals surface area contributed by atoms with Crippen LogP contribution in [0.5, 0.6) is 0 Å². The van der Waals surface area contributed by atoms with Crippen LogP contribution in [-0.4, -0.2) is 36.2 Å². The zero-order valence-electron chi connectivity index (χ0n) is 12.4. The van der Waals surface area contributed by atoms with Crippen molar-refractivity contribution in [2.75, 3.05) is 20.2 Å². The van der Waals surface area contributed by atoms with E-state index in [0.717, 1.165) is 42.6 Å². The number of benzene rings is 1. The number of hydrogen-bond acceptors (Lipinski definition) is 3. The third kappa shape index (κ3) is 3.73. The number of aromatic nitrogens is 1. The average Bonchev–Trinajstić information content (AvgIpc) is 2.49. The lowest BCUT2D eigenvalue weighted by Gasteiger charge is -2.27. The van der Waals surface area contributed by atoms with Gasteiger partial charge in [-0.25, -0.2) is 4.98 Å². The predicted molar refractivity (Wildman–Crippen MR) is 86.7 cm³/mol. The number of fused-ring (bicyclic) bond motifs is 1. The van der Waals surface area contributed by atoms with Gasteiger partial charge in [0.25, 0.3) is 0 Å². The molecule has 112 valence electrons. The van der Waals surface area contributed by atoms with Crippen molar-refractivity contribution in [1.29, 1.82) is 0 Å². The van der Waals surface area contributed by atoms with Gasteiger partial charge in [-0.2, -0.15) is 0 Å². The molecule has 21 heavy (non-hydrogen) atoms. The molecule has 3 nitrogen and oxygen atoms in total. The summed E-state index contributed by atoms with van der Waals surface area (Å²) in [5.74, 6) is 0. The van der Waals surface area contributed by atoms with Crippen molar-refractivity contribution >= 4 is 22.5 Å². The average molecular weight is 305 g/mol. The Morgan fingerprint density at radius 1 is 1.33 bits per heavy atom. The molecule has 1 saturated heterocycles. The Bertz CT molecular complexity index is 611. The van der Waals surface area contributed by atoms with E-state index in [9.17, 15) is 0 Å². The van der Waals surface area contributed by atoms with Gasteiger partial charge in [0, 0.05) is 30.6 Å². The number of pyridine rings is 1. The molecule has 1 aromatic heterocycles. The summed E-state index contributed by atoms with van der Waals surface area (Å²) in [6, 6.07) is 10.2. The lowest BCUT2D eigenvalue weighted by atomic mass is 10.1. The van der Waals surface area contributed by atoms with Crippen LogP contribution in [0.4, 0.5) is 0 Å². The minimum atomic E-state index is 0.357. The normalized spacial score (nSPS) is 19.3. The maximum absolute atomic E-state index is 6.32. The summed E-state index contributed by atoms with van der Waals surface area (Å²) in [5, 5.41) is 1.74. The van der Waals surface area contributed by atoms with Crippen LogP contribution in [0, 0.1) is 0 Å². The van der Waals surface area contributed by atoms with Crippen molar-refractivity contribution in [2.45, 2.75) is 31.9 Å². The highest BCUT2D eigenvalue weighted by molar-refractivity contribution is 6.30. The highest BCUT2D eigenvalue weighted by Gasteiger charge is 2.16. The van der Waals surface area contributed by atoms with Crippen LogP contribution in [0.2, 0.25) is 5.15 Å². The predicted octanol–water partition coefficient (Wildman–Crippen LogP) is 3.89. The van der Waals surface area contributed by atoms with Gasteiger partial charge in [0.15, 0.2) is 0 Å². The fraction of sp³-hybridized carbons (Fsp3) is 0.471. The fourth-order valence-corrected chi connectivity index (χ4v) is 3.11. The van der Waals surface area contributed by atoms with Crippen LogP contribution in [-0.2, 0) is 11.3 Å². The molecule has 2 heterocycles. The Labute approximate surface area is 130 Å². The van der Waals surface area contributed by atoms with E-state index in [1.54, 1.807) is 0 Å². The van der Waals surface area contributed by atoms with Crippen molar-refractivity contribution in [3.63, 3.8) is 0 Å². The molecule has 0 saturated carbocycles. The molecule has 2 aromatic rings. The molecule has 1 aliphatic rings. The van der Waals surface area contributed by atoms with Crippen LogP contribution in [0.15, 0.2) is 30.3 Å². The summed E-state index contributed by atoms with van der Waals surface area (Å²) in [4.78, 5) is 6.75. The molecular weight excluding hydrogens is 284 g/mol. The highest BCUT2D eigenvalue weighted by Crippen LogP contribution is 2.22. The zero-order valence-corrected chi connectivity index (χ0v) is 13.1. The van der Waals surface area contributed by atoms with Crippen molar-refractivity contribution in [3.8, 4) is 0 Å². The quantitative estimate of drug-likeness (QED) is 0.801. The maximum Gasteiger partial charge on any atom is 0.134 e. The molecule has 3 rings (SSSR count). The number of hydrogen-bond donors (Lipinski definition) is 0. The molecule has 1 unspecified atom stereocenters. The molecule has 0 amide bonds. The third-order valence-corrected chi connectivity index (χ3v) is 4.31. The largest absolute Gasteiger partial charge is 0.377 e. The fourth-order valence-electron chi connectivity index (χ4n) is 2.90. The molecular formula is C17H21ClN2O. The summed E-state index contributed by atoms with van der Waals surface area (Å²) in [6.07, 6.45) is 3.99. The van der Waals surface area contributed by atoms with E-state index >= 15 is 0 Å². The number of rotatable bonds is 4. The van der Waals surface area contributed by atoms with Crippen LogP contribution in [0.25, 0.3) is 10.9 Å². The lowest BCUT2D eigenvalue weighted by molar-refractivity contribution is -0.00259. The van der Waals surface area contributed by atoms with Gasteiger partial charge in [0.05, 0.1) is 11.6 Å². The van der Waals surface area contributed by atoms with Gasteiger partial charge in [0.2, 0.25) is 0 Å². The van der Waals surface area contributed by atoms with Gasteiger partial charge < -0.3 is 4.74 Å². The Morgan fingerprint density at radius 2 is 2.19 bits per heavy atom. The molecule has 1 fully saturated rings. The minimum absolute atomic E-state index is 0.357. The van der Waals surface area contributed by atoms with Gasteiger partial charge in [0.1, 0.15) is 5.15 Å². The summed E-state index contributed by atoms with van der Waals surface area (Å²) in [7, 11) is 2.11. The van der Waals surface area contributed by atoms with Gasteiger partial charge in [-0.3, -0.25) is 4.90 Å². The van der Waals surface area contributed by atoms with Crippen molar-refractivity contribution < 1.29 is 4.74 Å². The first-order valence-electron chi connectivity index (χ1n) is 7.56. The van der Waals surface area contributed by atoms with Gasteiger partial charge in [-0.15, -0.1) is 0 Å². The van der Waals surface area contributed by atoms with Crippen molar-refractivity contribution in [2.24, 2.45) is 0 Å². The monoisotopic (exact) mass is 304 g/mol. The first kappa shape index (κ1) is 14.8. The van der Waals surface area contributed by atoms with E-state index in [0.29, 0.717) is 11.3 Å². The summed E-state index contributed by atoms with van der Waals surface area (Å²) in [6.45, 7) is 2.65. The minimum Gasteiger partial charge on any atom is -0.377 e. The molecule has 1 aromatic carbocycles. The molecule has 0 aliphatic carbocycles. The van der Waals surface area contributed by atoms with Gasteiger partial charge in [-0.1, -0.05) is 29.8 Å². The number of likely N-dealkylation sites (N-methyl/N-ethyl adjacent to an activating group) is 1. The smallest absolute Gasteiger partial charge is 0.134 e. The number of nitrogens with zero attached hydrogens (tertiary/aromatic N) is 2. The molecule has 0 N–H and O–H groups in total. The van der Waals surface area contributed by atoms with E-state index in [-0.39, 0.29) is 0 Å². The van der Waals surface area contributed by atoms with E-state index in [4.69, 9.17) is 16.3 Å². The first-order valence-corrected chi connectivity index (χ1v) is 7.94. The molecule has 1 atom stereocenters. The Morgan fingerprint density at radius 3 is 3.00 bits per heavy atom. The number of ether oxygens (including phenoxy) is 1. The molecule has 0 bridgehead atoms. The molecule has 1 aliphatic heterocycles. The Kier molecular flexibility index (Phi) is 4.73. The second-order valence-corrected chi connectivity index (χ2v) is 6.17. The second-order valence-electron chi connectivity index (χ2n) is 5.82. The van der Waals surface area contributed by atoms with E-state index in [2.05, 4.69) is 29.1 Å². The van der Waals surface area contributed by atoms with Crippen molar-refractivity contribution in [3.05, 3.63) is 41.0 Å². The van der Waals surface area contributed by atoms with Crippen molar-refractivity contribution in [1.82, 2.24) is 9.88 Å². The highest BCUT2D eigenvalue weighted by atomic mass is 35.5. The summed E-state index contributed by atoms with van der Waals surface area (Å²) in [5.41, 5.74) is 2.03. The number of halogens is 1. The van der Waals surface area contributed by atoms with E-state index in [1.807, 2.05) is 18.2 Å². The SMILES string of the molecule is CN(Cc1cc2ccccc2nc1Cl)CC1CCCCO1. The van der Waals surface area contributed by atoms with E-state index < -0.39 is 0 Å². The van der Waals surface area contributed by atoms with Crippen LogP contribution in [0.3, 0.4) is 0 Å². The second kappa shape index (κ2) is 6.73. The molecule has 4 heteroatoms.